The second-order valence-electron chi connectivity index (χ2n) is 8.79. The first-order valence-electron chi connectivity index (χ1n) is 11.6. The van der Waals surface area contributed by atoms with E-state index in [1.807, 2.05) is 81.4 Å². The Labute approximate surface area is 197 Å². The average molecular weight is 444 g/mol. The standard InChI is InChI=1S/C29H33NO3/c1-6-10-27(31)30-24-15-20(4)28(21(5)16-24)29(32)23-13-14-26(25(17-23)19(2)3)33-18-22-11-8-7-9-12-22/h7-9,11-17,19H,6,10,18H2,1-5H3,(H,30,31). The van der Waals surface area contributed by atoms with Crippen molar-refractivity contribution in [2.24, 2.45) is 0 Å². The number of ether oxygens (including phenoxy) is 1. The highest BCUT2D eigenvalue weighted by Gasteiger charge is 2.19. The van der Waals surface area contributed by atoms with Gasteiger partial charge in [-0.1, -0.05) is 51.1 Å². The van der Waals surface area contributed by atoms with Crippen molar-refractivity contribution in [3.63, 3.8) is 0 Å². The van der Waals surface area contributed by atoms with E-state index < -0.39 is 0 Å². The van der Waals surface area contributed by atoms with Crippen LogP contribution in [0.15, 0.2) is 60.7 Å². The van der Waals surface area contributed by atoms with Crippen molar-refractivity contribution in [2.75, 3.05) is 5.32 Å². The molecule has 1 amide bonds. The molecule has 3 rings (SSSR count). The lowest BCUT2D eigenvalue weighted by atomic mass is 9.91. The first-order chi connectivity index (χ1) is 15.8. The van der Waals surface area contributed by atoms with E-state index in [2.05, 4.69) is 19.2 Å². The normalized spacial score (nSPS) is 10.8. The molecule has 0 fully saturated rings. The number of benzene rings is 3. The van der Waals surface area contributed by atoms with E-state index in [9.17, 15) is 9.59 Å². The molecule has 3 aromatic rings. The van der Waals surface area contributed by atoms with Gasteiger partial charge in [-0.05, 0) is 78.8 Å². The van der Waals surface area contributed by atoms with Gasteiger partial charge in [-0.3, -0.25) is 9.59 Å². The Morgan fingerprint density at radius 2 is 1.61 bits per heavy atom. The summed E-state index contributed by atoms with van der Waals surface area (Å²) in [5.74, 6) is 0.977. The minimum Gasteiger partial charge on any atom is -0.489 e. The van der Waals surface area contributed by atoms with Crippen molar-refractivity contribution < 1.29 is 14.3 Å². The van der Waals surface area contributed by atoms with E-state index in [4.69, 9.17) is 4.74 Å². The van der Waals surface area contributed by atoms with E-state index in [1.54, 1.807) is 0 Å². The molecule has 4 nitrogen and oxygen atoms in total. The van der Waals surface area contributed by atoms with E-state index in [-0.39, 0.29) is 17.6 Å². The third kappa shape index (κ3) is 6.10. The number of ketones is 1. The van der Waals surface area contributed by atoms with Gasteiger partial charge in [0.1, 0.15) is 12.4 Å². The van der Waals surface area contributed by atoms with Crippen molar-refractivity contribution in [3.8, 4) is 5.75 Å². The molecule has 1 N–H and O–H groups in total. The summed E-state index contributed by atoms with van der Waals surface area (Å²) < 4.78 is 6.09. The number of amides is 1. The number of hydrogen-bond donors (Lipinski definition) is 1. The van der Waals surface area contributed by atoms with Gasteiger partial charge < -0.3 is 10.1 Å². The second-order valence-corrected chi connectivity index (χ2v) is 8.79. The van der Waals surface area contributed by atoms with Crippen LogP contribution in [0.4, 0.5) is 5.69 Å². The molecule has 0 aliphatic rings. The molecule has 0 heterocycles. The van der Waals surface area contributed by atoms with Crippen LogP contribution in [0.25, 0.3) is 0 Å². The van der Waals surface area contributed by atoms with Gasteiger partial charge in [0.15, 0.2) is 5.78 Å². The summed E-state index contributed by atoms with van der Waals surface area (Å²) in [5.41, 5.74) is 5.85. The molecule has 172 valence electrons. The molecule has 0 atom stereocenters. The Balaban J connectivity index is 1.86. The molecule has 0 saturated heterocycles. The molecule has 0 aromatic heterocycles. The van der Waals surface area contributed by atoms with Crippen LogP contribution in [-0.2, 0) is 11.4 Å². The second kappa shape index (κ2) is 11.0. The van der Waals surface area contributed by atoms with Crippen LogP contribution in [0.5, 0.6) is 5.75 Å². The Morgan fingerprint density at radius 1 is 0.939 bits per heavy atom. The summed E-state index contributed by atoms with van der Waals surface area (Å²) in [5, 5.41) is 2.92. The van der Waals surface area contributed by atoms with E-state index in [0.29, 0.717) is 24.2 Å². The number of anilines is 1. The van der Waals surface area contributed by atoms with E-state index >= 15 is 0 Å². The predicted octanol–water partition coefficient (Wildman–Crippen LogP) is 6.98. The van der Waals surface area contributed by atoms with Crippen LogP contribution in [-0.4, -0.2) is 11.7 Å². The van der Waals surface area contributed by atoms with Crippen LogP contribution < -0.4 is 10.1 Å². The lowest BCUT2D eigenvalue weighted by Crippen LogP contribution is -2.13. The number of aryl methyl sites for hydroxylation is 2. The van der Waals surface area contributed by atoms with Crippen LogP contribution in [0.1, 0.15) is 77.7 Å². The molecular weight excluding hydrogens is 410 g/mol. The van der Waals surface area contributed by atoms with E-state index in [1.165, 1.54) is 0 Å². The van der Waals surface area contributed by atoms with Gasteiger partial charge >= 0.3 is 0 Å². The SMILES string of the molecule is CCCC(=O)Nc1cc(C)c(C(=O)c2ccc(OCc3ccccc3)c(C(C)C)c2)c(C)c1. The predicted molar refractivity (Wildman–Crippen MR) is 134 cm³/mol. The summed E-state index contributed by atoms with van der Waals surface area (Å²) in [6.45, 7) is 10.5. The zero-order valence-corrected chi connectivity index (χ0v) is 20.2. The lowest BCUT2D eigenvalue weighted by Gasteiger charge is -2.17. The smallest absolute Gasteiger partial charge is 0.224 e. The molecule has 0 radical (unpaired) electrons. The van der Waals surface area contributed by atoms with E-state index in [0.717, 1.165) is 40.1 Å². The van der Waals surface area contributed by atoms with Gasteiger partial charge in [0.2, 0.25) is 5.91 Å². The van der Waals surface area contributed by atoms with Gasteiger partial charge in [-0.15, -0.1) is 0 Å². The molecule has 33 heavy (non-hydrogen) atoms. The average Bonchev–Trinajstić information content (AvgIpc) is 2.77. The Kier molecular flexibility index (Phi) is 8.05. The van der Waals surface area contributed by atoms with Crippen LogP contribution in [0.2, 0.25) is 0 Å². The Bertz CT molecular complexity index is 1110. The molecule has 0 aliphatic heterocycles. The fourth-order valence-electron chi connectivity index (χ4n) is 4.00. The topological polar surface area (TPSA) is 55.4 Å². The Hall–Kier alpha value is -3.40. The fraction of sp³-hybridized carbons (Fsp3) is 0.310. The molecule has 0 saturated carbocycles. The van der Waals surface area contributed by atoms with Gasteiger partial charge in [0.25, 0.3) is 0 Å². The maximum absolute atomic E-state index is 13.5. The van der Waals surface area contributed by atoms with Gasteiger partial charge in [0, 0.05) is 23.2 Å². The number of carbonyl (C=O) groups is 2. The summed E-state index contributed by atoms with van der Waals surface area (Å²) >= 11 is 0. The van der Waals surface area contributed by atoms with Crippen molar-refractivity contribution >= 4 is 17.4 Å². The van der Waals surface area contributed by atoms with Gasteiger partial charge in [-0.2, -0.15) is 0 Å². The first-order valence-corrected chi connectivity index (χ1v) is 11.6. The summed E-state index contributed by atoms with van der Waals surface area (Å²) in [6.07, 6.45) is 1.28. The minimum atomic E-state index is -0.0204. The number of hydrogen-bond acceptors (Lipinski definition) is 3. The highest BCUT2D eigenvalue weighted by atomic mass is 16.5. The molecule has 0 bridgehead atoms. The third-order valence-corrected chi connectivity index (χ3v) is 5.65. The molecule has 0 unspecified atom stereocenters. The fourth-order valence-corrected chi connectivity index (χ4v) is 4.00. The van der Waals surface area contributed by atoms with Crippen molar-refractivity contribution in [3.05, 3.63) is 94.0 Å². The number of nitrogens with one attached hydrogen (secondary N) is 1. The first kappa shape index (κ1) is 24.2. The van der Waals surface area contributed by atoms with Gasteiger partial charge in [-0.25, -0.2) is 0 Å². The van der Waals surface area contributed by atoms with Crippen LogP contribution in [0.3, 0.4) is 0 Å². The van der Waals surface area contributed by atoms with Crippen molar-refractivity contribution in [1.29, 1.82) is 0 Å². The molecular formula is C29H33NO3. The molecule has 4 heteroatoms. The number of carbonyl (C=O) groups excluding carboxylic acids is 2. The zero-order valence-electron chi connectivity index (χ0n) is 20.2. The zero-order chi connectivity index (χ0) is 24.0. The summed E-state index contributed by atoms with van der Waals surface area (Å²) in [6, 6.07) is 19.5. The van der Waals surface area contributed by atoms with Crippen molar-refractivity contribution in [1.82, 2.24) is 0 Å². The highest BCUT2D eigenvalue weighted by molar-refractivity contribution is 6.11. The monoisotopic (exact) mass is 443 g/mol. The van der Waals surface area contributed by atoms with Gasteiger partial charge in [0.05, 0.1) is 0 Å². The molecule has 3 aromatic carbocycles. The van der Waals surface area contributed by atoms with Crippen LogP contribution >= 0.6 is 0 Å². The summed E-state index contributed by atoms with van der Waals surface area (Å²) in [4.78, 5) is 25.4. The Morgan fingerprint density at radius 3 is 2.21 bits per heavy atom. The van der Waals surface area contributed by atoms with Crippen molar-refractivity contribution in [2.45, 2.75) is 60.0 Å². The highest BCUT2D eigenvalue weighted by Crippen LogP contribution is 2.30. The quantitative estimate of drug-likeness (QED) is 0.363. The largest absolute Gasteiger partial charge is 0.489 e. The maximum Gasteiger partial charge on any atom is 0.224 e. The van der Waals surface area contributed by atoms with Crippen LogP contribution in [0, 0.1) is 13.8 Å². The minimum absolute atomic E-state index is 0.0111. The third-order valence-electron chi connectivity index (χ3n) is 5.65. The molecule has 0 spiro atoms. The number of rotatable bonds is 9. The lowest BCUT2D eigenvalue weighted by molar-refractivity contribution is -0.116. The maximum atomic E-state index is 13.5. The molecule has 0 aliphatic carbocycles. The summed E-state index contributed by atoms with van der Waals surface area (Å²) in [7, 11) is 0.